The first-order valence-corrected chi connectivity index (χ1v) is 19.1. The number of amides is 2. The monoisotopic (exact) mass is 714 g/mol. The van der Waals surface area contributed by atoms with E-state index in [9.17, 15) is 9.59 Å². The lowest BCUT2D eigenvalue weighted by Gasteiger charge is -2.27. The molecule has 3 heterocycles. The number of rotatable bonds is 5. The van der Waals surface area contributed by atoms with Crippen molar-refractivity contribution in [3.05, 3.63) is 83.6 Å². The zero-order valence-corrected chi connectivity index (χ0v) is 31.6. The van der Waals surface area contributed by atoms with E-state index < -0.39 is 11.2 Å². The molecular weight excluding hydrogens is 665 g/mol. The molecule has 1 saturated heterocycles. The van der Waals surface area contributed by atoms with Gasteiger partial charge in [-0.15, -0.1) is 0 Å². The molecule has 2 amide bonds. The van der Waals surface area contributed by atoms with Crippen LogP contribution in [-0.2, 0) is 22.3 Å². The van der Waals surface area contributed by atoms with Gasteiger partial charge in [0.25, 0.3) is 0 Å². The van der Waals surface area contributed by atoms with Gasteiger partial charge in [0.2, 0.25) is 0 Å². The molecule has 3 aliphatic rings. The number of carbonyl (C=O) groups is 2. The zero-order chi connectivity index (χ0) is 37.1. The van der Waals surface area contributed by atoms with E-state index in [1.807, 2.05) is 46.4 Å². The van der Waals surface area contributed by atoms with Crippen LogP contribution in [0.2, 0.25) is 0 Å². The Kier molecular flexibility index (Phi) is 8.82. The zero-order valence-electron chi connectivity index (χ0n) is 31.6. The summed E-state index contributed by atoms with van der Waals surface area (Å²) in [5, 5.41) is 3.09. The summed E-state index contributed by atoms with van der Waals surface area (Å²) in [6.07, 6.45) is 5.85. The van der Waals surface area contributed by atoms with Crippen LogP contribution in [-0.4, -0.2) is 60.8 Å². The molecular formula is C43H50N6O4. The Morgan fingerprint density at radius 3 is 2.19 bits per heavy atom. The van der Waals surface area contributed by atoms with Crippen LogP contribution in [0.5, 0.6) is 0 Å². The molecule has 53 heavy (non-hydrogen) atoms. The fraction of sp³-hybridized carbons (Fsp3) is 0.442. The van der Waals surface area contributed by atoms with Gasteiger partial charge >= 0.3 is 12.2 Å². The van der Waals surface area contributed by atoms with Gasteiger partial charge in [-0.2, -0.15) is 0 Å². The minimum absolute atomic E-state index is 0.00581. The van der Waals surface area contributed by atoms with Crippen molar-refractivity contribution in [2.75, 3.05) is 6.54 Å². The van der Waals surface area contributed by atoms with Crippen molar-refractivity contribution < 1.29 is 19.1 Å². The van der Waals surface area contributed by atoms with E-state index in [1.165, 1.54) is 22.3 Å². The summed E-state index contributed by atoms with van der Waals surface area (Å²) in [6, 6.07) is 21.7. The number of aromatic nitrogens is 4. The van der Waals surface area contributed by atoms with Crippen molar-refractivity contribution >= 4 is 23.2 Å². The van der Waals surface area contributed by atoms with E-state index in [2.05, 4.69) is 75.9 Å². The quantitative estimate of drug-likeness (QED) is 0.167. The van der Waals surface area contributed by atoms with Crippen molar-refractivity contribution in [2.45, 2.75) is 116 Å². The highest BCUT2D eigenvalue weighted by molar-refractivity contribution is 5.83. The van der Waals surface area contributed by atoms with Crippen LogP contribution in [0.1, 0.15) is 109 Å². The number of hydrogen-bond acceptors (Lipinski definition) is 6. The number of nitrogens with zero attached hydrogens (tertiary/aromatic N) is 3. The van der Waals surface area contributed by atoms with Crippen molar-refractivity contribution in [2.24, 2.45) is 0 Å². The summed E-state index contributed by atoms with van der Waals surface area (Å²) in [4.78, 5) is 44.4. The molecule has 0 spiro atoms. The van der Waals surface area contributed by atoms with Crippen molar-refractivity contribution in [3.63, 3.8) is 0 Å². The number of ether oxygens (including phenoxy) is 2. The van der Waals surface area contributed by atoms with E-state index in [0.29, 0.717) is 6.54 Å². The Morgan fingerprint density at radius 2 is 1.45 bits per heavy atom. The van der Waals surface area contributed by atoms with Crippen LogP contribution in [0.15, 0.2) is 60.7 Å². The molecule has 10 nitrogen and oxygen atoms in total. The minimum atomic E-state index is -0.534. The molecule has 276 valence electrons. The first kappa shape index (κ1) is 34.9. The summed E-state index contributed by atoms with van der Waals surface area (Å²) < 4.78 is 11.2. The third-order valence-electron chi connectivity index (χ3n) is 10.6. The molecule has 1 saturated carbocycles. The predicted molar refractivity (Wildman–Crippen MR) is 207 cm³/mol. The standard InChI is InChI=1S/C43H50N6O4/c1-42(2,3)52-40(50)47-32-10-7-9-31(32)38-44-33-20-17-28(24-35(33)46-38)26-14-12-25(13-15-26)27-16-19-30-29(23-27)18-21-34-37(30)48-39(45-34)36-11-8-22-49(36)41(51)53-43(4,5)6/h12-17,19-20,23-24,31-32,36H,7-11,18,21-22H2,1-6H3,(H,44,46)(H,45,48)(H,47,50)/t31-,32+,36+/m1/s1. The largest absolute Gasteiger partial charge is 0.444 e. The molecule has 0 radical (unpaired) electrons. The number of H-pyrrole nitrogens is 2. The Hall–Kier alpha value is -5.12. The molecule has 5 aromatic rings. The van der Waals surface area contributed by atoms with Crippen LogP contribution < -0.4 is 5.32 Å². The first-order chi connectivity index (χ1) is 25.3. The fourth-order valence-electron chi connectivity index (χ4n) is 8.22. The van der Waals surface area contributed by atoms with Gasteiger partial charge in [-0.1, -0.05) is 55.0 Å². The molecule has 3 aromatic carbocycles. The lowest BCUT2D eigenvalue weighted by atomic mass is 9.89. The Bertz CT molecular complexity index is 2170. The maximum Gasteiger partial charge on any atom is 0.410 e. The van der Waals surface area contributed by atoms with E-state index in [1.54, 1.807) is 0 Å². The highest BCUT2D eigenvalue weighted by atomic mass is 16.6. The smallest absolute Gasteiger partial charge is 0.410 e. The summed E-state index contributed by atoms with van der Waals surface area (Å²) >= 11 is 0. The number of aromatic amines is 2. The van der Waals surface area contributed by atoms with E-state index >= 15 is 0 Å². The molecule has 3 N–H and O–H groups in total. The summed E-state index contributed by atoms with van der Waals surface area (Å²) in [6.45, 7) is 12.0. The second-order valence-electron chi connectivity index (χ2n) is 16.9. The van der Waals surface area contributed by atoms with Gasteiger partial charge in [-0.3, -0.25) is 4.90 Å². The molecule has 3 atom stereocenters. The number of fused-ring (bicyclic) bond motifs is 4. The van der Waals surface area contributed by atoms with Crippen LogP contribution in [0.3, 0.4) is 0 Å². The summed E-state index contributed by atoms with van der Waals surface area (Å²) in [7, 11) is 0. The summed E-state index contributed by atoms with van der Waals surface area (Å²) in [5.41, 5.74) is 10.1. The van der Waals surface area contributed by atoms with Crippen LogP contribution in [0, 0.1) is 0 Å². The molecule has 2 fully saturated rings. The number of aryl methyl sites for hydroxylation is 2. The highest BCUT2D eigenvalue weighted by Gasteiger charge is 2.36. The number of nitrogens with one attached hydrogen (secondary N) is 3. The minimum Gasteiger partial charge on any atom is -0.444 e. The van der Waals surface area contributed by atoms with Gasteiger partial charge in [-0.25, -0.2) is 19.6 Å². The average molecular weight is 715 g/mol. The van der Waals surface area contributed by atoms with Gasteiger partial charge in [-0.05, 0) is 120 Å². The SMILES string of the molecule is CC(C)(C)OC(=O)N[C@H]1CCC[C@H]1c1nc2ccc(-c3ccc(-c4ccc5c(c4)CCc4nc([C@@H]6CCCN6C(=O)OC(C)(C)C)[nH]c4-5)cc3)cc2[nH]1. The average Bonchev–Trinajstić information content (AvgIpc) is 3.91. The van der Waals surface area contributed by atoms with Crippen LogP contribution >= 0.6 is 0 Å². The molecule has 0 unspecified atom stereocenters. The maximum atomic E-state index is 13.0. The second kappa shape index (κ2) is 13.4. The Morgan fingerprint density at radius 1 is 0.755 bits per heavy atom. The van der Waals surface area contributed by atoms with Gasteiger partial charge < -0.3 is 24.8 Å². The van der Waals surface area contributed by atoms with E-state index in [-0.39, 0.29) is 30.2 Å². The topological polar surface area (TPSA) is 125 Å². The molecule has 2 aromatic heterocycles. The van der Waals surface area contributed by atoms with Gasteiger partial charge in [0.1, 0.15) is 22.9 Å². The van der Waals surface area contributed by atoms with Gasteiger partial charge in [0.15, 0.2) is 0 Å². The lowest BCUT2D eigenvalue weighted by molar-refractivity contribution is 0.0218. The van der Waals surface area contributed by atoms with E-state index in [0.717, 1.165) is 90.1 Å². The third kappa shape index (κ3) is 7.28. The maximum absolute atomic E-state index is 13.0. The number of hydrogen-bond donors (Lipinski definition) is 3. The lowest BCUT2D eigenvalue weighted by Crippen LogP contribution is -2.40. The van der Waals surface area contributed by atoms with Gasteiger partial charge in [0.05, 0.1) is 28.5 Å². The fourth-order valence-corrected chi connectivity index (χ4v) is 8.22. The number of imidazole rings is 2. The van der Waals surface area contributed by atoms with Gasteiger partial charge in [0, 0.05) is 24.1 Å². The van der Waals surface area contributed by atoms with E-state index in [4.69, 9.17) is 19.4 Å². The van der Waals surface area contributed by atoms with Crippen molar-refractivity contribution in [3.8, 4) is 33.5 Å². The summed E-state index contributed by atoms with van der Waals surface area (Å²) in [5.74, 6) is 1.89. The van der Waals surface area contributed by atoms with Crippen molar-refractivity contribution in [1.29, 1.82) is 0 Å². The predicted octanol–water partition coefficient (Wildman–Crippen LogP) is 9.62. The first-order valence-electron chi connectivity index (χ1n) is 19.1. The van der Waals surface area contributed by atoms with Crippen LogP contribution in [0.4, 0.5) is 9.59 Å². The highest BCUT2D eigenvalue weighted by Crippen LogP contribution is 2.39. The third-order valence-corrected chi connectivity index (χ3v) is 10.6. The number of alkyl carbamates (subject to hydrolysis) is 1. The molecule has 2 aliphatic carbocycles. The Balaban J connectivity index is 0.970. The Labute approximate surface area is 311 Å². The molecule has 10 heteroatoms. The normalized spacial score (nSPS) is 20.0. The second-order valence-corrected chi connectivity index (χ2v) is 16.9. The number of carbonyl (C=O) groups excluding carboxylic acids is 2. The molecule has 0 bridgehead atoms. The van der Waals surface area contributed by atoms with Crippen LogP contribution in [0.25, 0.3) is 44.5 Å². The molecule has 8 rings (SSSR count). The number of benzene rings is 3. The number of likely N-dealkylation sites (tertiary alicyclic amines) is 1. The molecule has 1 aliphatic heterocycles. The van der Waals surface area contributed by atoms with Crippen molar-refractivity contribution in [1.82, 2.24) is 30.2 Å².